The molecular formula is C13H26N2O2. The molecule has 0 spiro atoms. The summed E-state index contributed by atoms with van der Waals surface area (Å²) in [4.78, 5) is 2.40. The monoisotopic (exact) mass is 242 g/mol. The smallest absolute Gasteiger partial charge is 0.162 e. The lowest BCUT2D eigenvalue weighted by Crippen LogP contribution is -2.55. The van der Waals surface area contributed by atoms with E-state index in [1.54, 1.807) is 0 Å². The van der Waals surface area contributed by atoms with E-state index < -0.39 is 5.79 Å². The summed E-state index contributed by atoms with van der Waals surface area (Å²) in [6.45, 7) is 10.1. The molecule has 0 amide bonds. The third-order valence-corrected chi connectivity index (χ3v) is 3.82. The topological polar surface area (TPSA) is 33.7 Å². The fourth-order valence-electron chi connectivity index (χ4n) is 2.69. The number of piperidine rings is 1. The molecule has 2 aliphatic heterocycles. The molecule has 1 N–H and O–H groups in total. The van der Waals surface area contributed by atoms with E-state index in [2.05, 4.69) is 24.2 Å². The first-order valence-corrected chi connectivity index (χ1v) is 6.69. The summed E-state index contributed by atoms with van der Waals surface area (Å²) in [6.07, 6.45) is 1.22. The first-order valence-electron chi connectivity index (χ1n) is 6.69. The van der Waals surface area contributed by atoms with Gasteiger partial charge in [0.1, 0.15) is 0 Å². The molecule has 0 radical (unpaired) electrons. The Morgan fingerprint density at radius 1 is 1.24 bits per heavy atom. The number of likely N-dealkylation sites (tertiary alicyclic amines) is 1. The van der Waals surface area contributed by atoms with Crippen LogP contribution in [0.3, 0.4) is 0 Å². The lowest BCUT2D eigenvalue weighted by atomic mass is 9.93. The summed E-state index contributed by atoms with van der Waals surface area (Å²) < 4.78 is 11.4. The summed E-state index contributed by atoms with van der Waals surface area (Å²) >= 11 is 0. The minimum Gasteiger partial charge on any atom is -0.349 e. The molecule has 2 atom stereocenters. The van der Waals surface area contributed by atoms with Crippen molar-refractivity contribution >= 4 is 0 Å². The molecule has 2 rings (SSSR count). The predicted octanol–water partition coefficient (Wildman–Crippen LogP) is 1.07. The van der Waals surface area contributed by atoms with Gasteiger partial charge in [0.05, 0.1) is 19.3 Å². The molecule has 2 fully saturated rings. The predicted molar refractivity (Wildman–Crippen MR) is 68.0 cm³/mol. The molecule has 2 aliphatic rings. The van der Waals surface area contributed by atoms with Gasteiger partial charge in [0.15, 0.2) is 5.79 Å². The lowest BCUT2D eigenvalue weighted by molar-refractivity contribution is -0.254. The lowest BCUT2D eigenvalue weighted by Gasteiger charge is -2.40. The van der Waals surface area contributed by atoms with Crippen LogP contribution >= 0.6 is 0 Å². The molecule has 100 valence electrons. The molecule has 2 unspecified atom stereocenters. The molecule has 17 heavy (non-hydrogen) atoms. The minimum absolute atomic E-state index is 0.346. The largest absolute Gasteiger partial charge is 0.349 e. The van der Waals surface area contributed by atoms with Crippen LogP contribution in [0.1, 0.15) is 27.2 Å². The standard InChI is InChI=1S/C13H26N2O2/c1-10-7-15(4)6-5-12(10)14-11-8-16-13(2,3)17-9-11/h10-12,14H,5-9H2,1-4H3. The highest BCUT2D eigenvalue weighted by Gasteiger charge is 2.31. The quantitative estimate of drug-likeness (QED) is 0.785. The first-order chi connectivity index (χ1) is 7.96. The number of nitrogens with one attached hydrogen (secondary N) is 1. The average Bonchev–Trinajstić information content (AvgIpc) is 2.25. The van der Waals surface area contributed by atoms with Gasteiger partial charge in [-0.05, 0) is 39.8 Å². The van der Waals surface area contributed by atoms with E-state index in [4.69, 9.17) is 9.47 Å². The molecule has 0 aromatic rings. The average molecular weight is 242 g/mol. The highest BCUT2D eigenvalue weighted by Crippen LogP contribution is 2.20. The molecule has 4 nitrogen and oxygen atoms in total. The Hall–Kier alpha value is -0.160. The molecule has 2 heterocycles. The zero-order valence-electron chi connectivity index (χ0n) is 11.5. The Morgan fingerprint density at radius 3 is 2.47 bits per heavy atom. The Labute approximate surface area is 105 Å². The SMILES string of the molecule is CC1CN(C)CCC1NC1COC(C)(C)OC1. The zero-order chi connectivity index (χ0) is 12.5. The zero-order valence-corrected chi connectivity index (χ0v) is 11.5. The minimum atomic E-state index is -0.406. The van der Waals surface area contributed by atoms with E-state index >= 15 is 0 Å². The number of hydrogen-bond donors (Lipinski definition) is 1. The van der Waals surface area contributed by atoms with Gasteiger partial charge in [-0.15, -0.1) is 0 Å². The molecule has 0 aromatic carbocycles. The van der Waals surface area contributed by atoms with Gasteiger partial charge in [-0.1, -0.05) is 6.92 Å². The maximum Gasteiger partial charge on any atom is 0.162 e. The van der Waals surface area contributed by atoms with E-state index in [0.717, 1.165) is 13.2 Å². The van der Waals surface area contributed by atoms with Crippen molar-refractivity contribution in [2.24, 2.45) is 5.92 Å². The van der Waals surface area contributed by atoms with Crippen LogP contribution in [-0.2, 0) is 9.47 Å². The fraction of sp³-hybridized carbons (Fsp3) is 1.00. The molecule has 2 saturated heterocycles. The number of rotatable bonds is 2. The molecular weight excluding hydrogens is 216 g/mol. The Balaban J connectivity index is 1.78. The summed E-state index contributed by atoms with van der Waals surface area (Å²) in [7, 11) is 2.20. The number of hydrogen-bond acceptors (Lipinski definition) is 4. The molecule has 0 bridgehead atoms. The summed E-state index contributed by atoms with van der Waals surface area (Å²) in [5, 5.41) is 3.69. The van der Waals surface area contributed by atoms with Crippen molar-refractivity contribution in [3.05, 3.63) is 0 Å². The van der Waals surface area contributed by atoms with Crippen molar-refractivity contribution in [2.45, 2.75) is 45.1 Å². The van der Waals surface area contributed by atoms with Gasteiger partial charge in [-0.25, -0.2) is 0 Å². The van der Waals surface area contributed by atoms with Gasteiger partial charge in [0.2, 0.25) is 0 Å². The Morgan fingerprint density at radius 2 is 1.88 bits per heavy atom. The van der Waals surface area contributed by atoms with Gasteiger partial charge >= 0.3 is 0 Å². The van der Waals surface area contributed by atoms with E-state index in [0.29, 0.717) is 18.0 Å². The van der Waals surface area contributed by atoms with E-state index in [1.165, 1.54) is 19.5 Å². The van der Waals surface area contributed by atoms with Crippen molar-refractivity contribution in [2.75, 3.05) is 33.4 Å². The summed E-state index contributed by atoms with van der Waals surface area (Å²) in [6, 6.07) is 0.948. The summed E-state index contributed by atoms with van der Waals surface area (Å²) in [5.41, 5.74) is 0. The maximum absolute atomic E-state index is 5.68. The van der Waals surface area contributed by atoms with Crippen LogP contribution in [0.2, 0.25) is 0 Å². The molecule has 0 aliphatic carbocycles. The third kappa shape index (κ3) is 3.65. The molecule has 0 saturated carbocycles. The normalized spacial score (nSPS) is 36.0. The first kappa shape index (κ1) is 13.3. The van der Waals surface area contributed by atoms with Crippen molar-refractivity contribution in [1.29, 1.82) is 0 Å². The van der Waals surface area contributed by atoms with Crippen LogP contribution in [0.5, 0.6) is 0 Å². The second-order valence-corrected chi connectivity index (χ2v) is 6.02. The van der Waals surface area contributed by atoms with Crippen LogP contribution in [0, 0.1) is 5.92 Å². The van der Waals surface area contributed by atoms with Crippen molar-refractivity contribution in [3.8, 4) is 0 Å². The van der Waals surface area contributed by atoms with Crippen molar-refractivity contribution in [1.82, 2.24) is 10.2 Å². The van der Waals surface area contributed by atoms with Crippen LogP contribution in [0.25, 0.3) is 0 Å². The Kier molecular flexibility index (Phi) is 4.08. The molecule has 4 heteroatoms. The fourth-order valence-corrected chi connectivity index (χ4v) is 2.69. The second kappa shape index (κ2) is 5.22. The Bertz CT molecular complexity index is 248. The van der Waals surface area contributed by atoms with Crippen molar-refractivity contribution in [3.63, 3.8) is 0 Å². The third-order valence-electron chi connectivity index (χ3n) is 3.82. The van der Waals surface area contributed by atoms with Gasteiger partial charge < -0.3 is 19.7 Å². The van der Waals surface area contributed by atoms with E-state index in [1.807, 2.05) is 13.8 Å². The molecule has 0 aromatic heterocycles. The number of nitrogens with zero attached hydrogens (tertiary/aromatic N) is 1. The number of ether oxygens (including phenoxy) is 2. The van der Waals surface area contributed by atoms with Gasteiger partial charge in [-0.2, -0.15) is 0 Å². The van der Waals surface area contributed by atoms with Crippen LogP contribution in [-0.4, -0.2) is 56.1 Å². The van der Waals surface area contributed by atoms with Gasteiger partial charge in [0, 0.05) is 12.6 Å². The highest BCUT2D eigenvalue weighted by molar-refractivity contribution is 4.85. The maximum atomic E-state index is 5.68. The summed E-state index contributed by atoms with van der Waals surface area (Å²) in [5.74, 6) is 0.292. The van der Waals surface area contributed by atoms with Crippen LogP contribution < -0.4 is 5.32 Å². The van der Waals surface area contributed by atoms with Crippen molar-refractivity contribution < 1.29 is 9.47 Å². The van der Waals surface area contributed by atoms with Gasteiger partial charge in [-0.3, -0.25) is 0 Å². The van der Waals surface area contributed by atoms with Crippen LogP contribution in [0.15, 0.2) is 0 Å². The van der Waals surface area contributed by atoms with E-state index in [-0.39, 0.29) is 0 Å². The van der Waals surface area contributed by atoms with E-state index in [9.17, 15) is 0 Å². The van der Waals surface area contributed by atoms with Gasteiger partial charge in [0.25, 0.3) is 0 Å². The van der Waals surface area contributed by atoms with Crippen LogP contribution in [0.4, 0.5) is 0 Å². The second-order valence-electron chi connectivity index (χ2n) is 6.02. The highest BCUT2D eigenvalue weighted by atomic mass is 16.7.